The molecule has 0 unspecified atom stereocenters. The number of nitrogens with one attached hydrogen (secondary N) is 1. The topological polar surface area (TPSA) is 41.8 Å². The Kier molecular flexibility index (Phi) is 2.76. The Morgan fingerprint density at radius 1 is 1.31 bits per heavy atom. The molecule has 1 heterocycles. The number of nitrogens with two attached hydrogens (primary N) is 1. The van der Waals surface area contributed by atoms with E-state index >= 15 is 0 Å². The molecule has 0 aliphatic rings. The van der Waals surface area contributed by atoms with Crippen molar-refractivity contribution in [1.29, 1.82) is 0 Å². The Bertz CT molecular complexity index is 489. The van der Waals surface area contributed by atoms with Gasteiger partial charge in [0.15, 0.2) is 0 Å². The average Bonchev–Trinajstić information content (AvgIpc) is 2.56. The van der Waals surface area contributed by atoms with Crippen LogP contribution in [0.15, 0.2) is 24.4 Å². The molecule has 1 aromatic heterocycles. The highest BCUT2D eigenvalue weighted by Gasteiger charge is 2.10. The molecule has 86 valence electrons. The summed E-state index contributed by atoms with van der Waals surface area (Å²) in [7, 11) is 0. The highest BCUT2D eigenvalue weighted by molar-refractivity contribution is 5.83. The molecule has 0 saturated carbocycles. The number of hydrogen-bond acceptors (Lipinski definition) is 1. The molecule has 0 radical (unpaired) electrons. The smallest absolute Gasteiger partial charge is 0.0456 e. The van der Waals surface area contributed by atoms with Gasteiger partial charge in [-0.3, -0.25) is 0 Å². The van der Waals surface area contributed by atoms with Crippen molar-refractivity contribution in [3.63, 3.8) is 0 Å². The Balaban J connectivity index is 2.22. The van der Waals surface area contributed by atoms with E-state index in [1.54, 1.807) is 0 Å². The molecule has 0 saturated heterocycles. The summed E-state index contributed by atoms with van der Waals surface area (Å²) in [5, 5.41) is 1.33. The second-order valence-corrected chi connectivity index (χ2v) is 5.34. The lowest BCUT2D eigenvalue weighted by Crippen LogP contribution is -2.32. The van der Waals surface area contributed by atoms with Gasteiger partial charge in [-0.2, -0.15) is 0 Å². The predicted molar refractivity (Wildman–Crippen MR) is 69.6 cm³/mol. The summed E-state index contributed by atoms with van der Waals surface area (Å²) in [6.07, 6.45) is 4.12. The number of fused-ring (bicyclic) bond motifs is 1. The van der Waals surface area contributed by atoms with Crippen LogP contribution < -0.4 is 5.73 Å². The van der Waals surface area contributed by atoms with Crippen LogP contribution >= 0.6 is 0 Å². The molecule has 0 bridgehead atoms. The molecule has 16 heavy (non-hydrogen) atoms. The quantitative estimate of drug-likeness (QED) is 0.813. The van der Waals surface area contributed by atoms with Crippen LogP contribution in [0.1, 0.15) is 31.4 Å². The van der Waals surface area contributed by atoms with Crippen LogP contribution in [-0.2, 0) is 6.42 Å². The number of aromatic amines is 1. The number of benzene rings is 1. The van der Waals surface area contributed by atoms with E-state index in [0.717, 1.165) is 12.8 Å². The summed E-state index contributed by atoms with van der Waals surface area (Å²) in [4.78, 5) is 3.26. The van der Waals surface area contributed by atoms with Gasteiger partial charge in [-0.05, 0) is 56.9 Å². The Labute approximate surface area is 96.9 Å². The first-order valence-corrected chi connectivity index (χ1v) is 5.81. The van der Waals surface area contributed by atoms with Gasteiger partial charge in [0.25, 0.3) is 0 Å². The number of rotatable bonds is 3. The van der Waals surface area contributed by atoms with E-state index in [-0.39, 0.29) is 5.54 Å². The van der Waals surface area contributed by atoms with Gasteiger partial charge in [0.05, 0.1) is 0 Å². The standard InChI is InChI=1S/C14H20N2/c1-10-9-16-13-5-4-11(8-12(10)13)6-7-14(2,3)15/h4-5,8-9,16H,6-7,15H2,1-3H3. The molecular formula is C14H20N2. The van der Waals surface area contributed by atoms with E-state index in [2.05, 4.69) is 50.2 Å². The van der Waals surface area contributed by atoms with Crippen molar-refractivity contribution in [2.45, 2.75) is 39.2 Å². The number of hydrogen-bond donors (Lipinski definition) is 2. The lowest BCUT2D eigenvalue weighted by Gasteiger charge is -2.17. The van der Waals surface area contributed by atoms with Gasteiger partial charge in [0, 0.05) is 22.6 Å². The molecule has 3 N–H and O–H groups in total. The molecule has 0 fully saturated rings. The minimum absolute atomic E-state index is 0.0812. The van der Waals surface area contributed by atoms with Gasteiger partial charge < -0.3 is 10.7 Å². The zero-order valence-corrected chi connectivity index (χ0v) is 10.3. The van der Waals surface area contributed by atoms with Gasteiger partial charge >= 0.3 is 0 Å². The monoisotopic (exact) mass is 216 g/mol. The van der Waals surface area contributed by atoms with Crippen LogP contribution in [0.3, 0.4) is 0 Å². The molecule has 0 amide bonds. The Morgan fingerprint density at radius 3 is 2.75 bits per heavy atom. The molecule has 2 aromatic rings. The second kappa shape index (κ2) is 3.95. The predicted octanol–water partition coefficient (Wildman–Crippen LogP) is 3.15. The van der Waals surface area contributed by atoms with E-state index < -0.39 is 0 Å². The number of H-pyrrole nitrogens is 1. The summed E-state index contributed by atoms with van der Waals surface area (Å²) in [5.41, 5.74) is 9.81. The zero-order valence-electron chi connectivity index (χ0n) is 10.3. The maximum atomic E-state index is 6.00. The number of aryl methyl sites for hydroxylation is 2. The third-order valence-corrected chi connectivity index (χ3v) is 3.01. The van der Waals surface area contributed by atoms with Crippen LogP contribution in [0.4, 0.5) is 0 Å². The molecular weight excluding hydrogens is 196 g/mol. The average molecular weight is 216 g/mol. The van der Waals surface area contributed by atoms with Gasteiger partial charge in [0.2, 0.25) is 0 Å². The molecule has 1 aromatic carbocycles. The third kappa shape index (κ3) is 2.45. The van der Waals surface area contributed by atoms with Crippen LogP contribution in [0.5, 0.6) is 0 Å². The van der Waals surface area contributed by atoms with Crippen LogP contribution in [0.2, 0.25) is 0 Å². The summed E-state index contributed by atoms with van der Waals surface area (Å²) < 4.78 is 0. The first-order chi connectivity index (χ1) is 7.46. The minimum atomic E-state index is -0.0812. The highest BCUT2D eigenvalue weighted by Crippen LogP contribution is 2.20. The summed E-state index contributed by atoms with van der Waals surface area (Å²) in [6.45, 7) is 6.29. The van der Waals surface area contributed by atoms with Crippen molar-refractivity contribution in [1.82, 2.24) is 4.98 Å². The second-order valence-electron chi connectivity index (χ2n) is 5.34. The van der Waals surface area contributed by atoms with E-state index in [1.807, 2.05) is 0 Å². The minimum Gasteiger partial charge on any atom is -0.361 e. The molecule has 2 nitrogen and oxygen atoms in total. The normalized spacial score (nSPS) is 12.2. The fraction of sp³-hybridized carbons (Fsp3) is 0.429. The van der Waals surface area contributed by atoms with Crippen LogP contribution in [0, 0.1) is 6.92 Å². The summed E-state index contributed by atoms with van der Waals surface area (Å²) in [6, 6.07) is 6.61. The van der Waals surface area contributed by atoms with Crippen molar-refractivity contribution in [2.24, 2.45) is 5.73 Å². The lowest BCUT2D eigenvalue weighted by atomic mass is 9.96. The molecule has 0 spiro atoms. The first-order valence-electron chi connectivity index (χ1n) is 5.81. The zero-order chi connectivity index (χ0) is 11.8. The molecule has 0 atom stereocenters. The highest BCUT2D eigenvalue weighted by atomic mass is 14.7. The summed E-state index contributed by atoms with van der Waals surface area (Å²) >= 11 is 0. The lowest BCUT2D eigenvalue weighted by molar-refractivity contribution is 0.477. The Morgan fingerprint density at radius 2 is 2.06 bits per heavy atom. The Hall–Kier alpha value is -1.28. The SMILES string of the molecule is Cc1c[nH]c2ccc(CCC(C)(C)N)cc12. The fourth-order valence-electron chi connectivity index (χ4n) is 1.93. The van der Waals surface area contributed by atoms with Crippen molar-refractivity contribution in [3.05, 3.63) is 35.5 Å². The molecule has 0 aliphatic carbocycles. The van der Waals surface area contributed by atoms with E-state index in [0.29, 0.717) is 0 Å². The van der Waals surface area contributed by atoms with Crippen molar-refractivity contribution >= 4 is 10.9 Å². The van der Waals surface area contributed by atoms with E-state index in [1.165, 1.54) is 22.0 Å². The van der Waals surface area contributed by atoms with Gasteiger partial charge in [-0.1, -0.05) is 6.07 Å². The molecule has 0 aliphatic heterocycles. The van der Waals surface area contributed by atoms with Crippen LogP contribution in [0.25, 0.3) is 10.9 Å². The van der Waals surface area contributed by atoms with Gasteiger partial charge in [0.1, 0.15) is 0 Å². The van der Waals surface area contributed by atoms with Crippen molar-refractivity contribution in [2.75, 3.05) is 0 Å². The van der Waals surface area contributed by atoms with E-state index in [9.17, 15) is 0 Å². The number of aromatic nitrogens is 1. The van der Waals surface area contributed by atoms with E-state index in [4.69, 9.17) is 5.73 Å². The van der Waals surface area contributed by atoms with Crippen molar-refractivity contribution < 1.29 is 0 Å². The van der Waals surface area contributed by atoms with Gasteiger partial charge in [-0.15, -0.1) is 0 Å². The maximum Gasteiger partial charge on any atom is 0.0456 e. The van der Waals surface area contributed by atoms with Crippen LogP contribution in [-0.4, -0.2) is 10.5 Å². The summed E-state index contributed by atoms with van der Waals surface area (Å²) in [5.74, 6) is 0. The van der Waals surface area contributed by atoms with Gasteiger partial charge in [-0.25, -0.2) is 0 Å². The molecule has 2 heteroatoms. The maximum absolute atomic E-state index is 6.00. The fourth-order valence-corrected chi connectivity index (χ4v) is 1.93. The first kappa shape index (κ1) is 11.2. The molecule has 2 rings (SSSR count). The third-order valence-electron chi connectivity index (χ3n) is 3.01. The largest absolute Gasteiger partial charge is 0.361 e. The van der Waals surface area contributed by atoms with Crippen molar-refractivity contribution in [3.8, 4) is 0 Å².